The van der Waals surface area contributed by atoms with Gasteiger partial charge in [0.15, 0.2) is 0 Å². The first-order valence-corrected chi connectivity index (χ1v) is 7.04. The number of hydrogen-bond acceptors (Lipinski definition) is 3. The number of hydrogen-bond donors (Lipinski definition) is 1. The van der Waals surface area contributed by atoms with E-state index in [4.69, 9.17) is 9.52 Å². The molecule has 1 heterocycles. The molecule has 1 unspecified atom stereocenters. The molecule has 0 bridgehead atoms. The van der Waals surface area contributed by atoms with Crippen LogP contribution in [0.4, 0.5) is 0 Å². The number of carboxylic acids is 1. The van der Waals surface area contributed by atoms with Crippen LogP contribution in [0, 0.1) is 0 Å². The molecular formula is C16H21NO3. The van der Waals surface area contributed by atoms with Gasteiger partial charge in [-0.2, -0.15) is 0 Å². The molecule has 108 valence electrons. The second-order valence-electron chi connectivity index (χ2n) is 4.93. The van der Waals surface area contributed by atoms with E-state index < -0.39 is 5.97 Å². The van der Waals surface area contributed by atoms with Crippen LogP contribution in [-0.4, -0.2) is 29.1 Å². The predicted octanol–water partition coefficient (Wildman–Crippen LogP) is 3.46. The molecule has 20 heavy (non-hydrogen) atoms. The molecule has 1 N–H and O–H groups in total. The highest BCUT2D eigenvalue weighted by atomic mass is 16.4. The number of furan rings is 1. The van der Waals surface area contributed by atoms with Gasteiger partial charge in [-0.1, -0.05) is 32.0 Å². The zero-order chi connectivity index (χ0) is 14.7. The molecule has 1 aromatic carbocycles. The van der Waals surface area contributed by atoms with E-state index in [9.17, 15) is 4.79 Å². The van der Waals surface area contributed by atoms with Crippen LogP contribution < -0.4 is 0 Å². The summed E-state index contributed by atoms with van der Waals surface area (Å²) in [7, 11) is 0. The van der Waals surface area contributed by atoms with Gasteiger partial charge in [0.05, 0.1) is 12.6 Å². The zero-order valence-corrected chi connectivity index (χ0v) is 12.2. The molecule has 4 nitrogen and oxygen atoms in total. The lowest BCUT2D eigenvalue weighted by atomic mass is 10.0. The molecule has 0 fully saturated rings. The van der Waals surface area contributed by atoms with Crippen LogP contribution in [0.5, 0.6) is 0 Å². The van der Waals surface area contributed by atoms with Crippen LogP contribution in [0.1, 0.15) is 38.1 Å². The lowest BCUT2D eigenvalue weighted by Gasteiger charge is -2.25. The van der Waals surface area contributed by atoms with Gasteiger partial charge in [0.1, 0.15) is 11.3 Å². The van der Waals surface area contributed by atoms with E-state index in [2.05, 4.69) is 13.0 Å². The number of likely N-dealkylation sites (N-methyl/N-ethyl adjacent to an activating group) is 1. The Morgan fingerprint density at radius 2 is 2.05 bits per heavy atom. The van der Waals surface area contributed by atoms with Crippen LogP contribution in [0.25, 0.3) is 11.0 Å². The van der Waals surface area contributed by atoms with E-state index in [0.29, 0.717) is 6.54 Å². The topological polar surface area (TPSA) is 53.7 Å². The Morgan fingerprint density at radius 1 is 1.35 bits per heavy atom. The Balaban J connectivity index is 2.42. The normalized spacial score (nSPS) is 13.0. The van der Waals surface area contributed by atoms with Crippen molar-refractivity contribution in [3.8, 4) is 0 Å². The molecule has 0 amide bonds. The summed E-state index contributed by atoms with van der Waals surface area (Å²) < 4.78 is 5.98. The highest BCUT2D eigenvalue weighted by Crippen LogP contribution is 2.32. The maximum atomic E-state index is 11.0. The van der Waals surface area contributed by atoms with Crippen molar-refractivity contribution in [3.05, 3.63) is 35.6 Å². The molecule has 2 rings (SSSR count). The molecule has 0 aliphatic carbocycles. The largest absolute Gasteiger partial charge is 0.480 e. The summed E-state index contributed by atoms with van der Waals surface area (Å²) in [4.78, 5) is 12.9. The number of rotatable bonds is 6. The molecule has 0 aliphatic heterocycles. The van der Waals surface area contributed by atoms with Crippen molar-refractivity contribution in [3.63, 3.8) is 0 Å². The number of nitrogens with zero attached hydrogens (tertiary/aromatic N) is 1. The van der Waals surface area contributed by atoms with Crippen molar-refractivity contribution < 1.29 is 14.3 Å². The number of aliphatic carboxylic acids is 1. The van der Waals surface area contributed by atoms with Gasteiger partial charge in [-0.3, -0.25) is 9.69 Å². The monoisotopic (exact) mass is 275 g/mol. The average Bonchev–Trinajstić information content (AvgIpc) is 2.82. The summed E-state index contributed by atoms with van der Waals surface area (Å²) in [6, 6.07) is 7.92. The smallest absolute Gasteiger partial charge is 0.317 e. The van der Waals surface area contributed by atoms with Crippen molar-refractivity contribution in [2.24, 2.45) is 0 Å². The van der Waals surface area contributed by atoms with Crippen molar-refractivity contribution in [1.82, 2.24) is 4.90 Å². The fraction of sp³-hybridized carbons (Fsp3) is 0.438. The van der Waals surface area contributed by atoms with Gasteiger partial charge in [0.2, 0.25) is 0 Å². The molecule has 0 saturated heterocycles. The van der Waals surface area contributed by atoms with E-state index in [0.717, 1.165) is 23.2 Å². The fourth-order valence-corrected chi connectivity index (χ4v) is 2.68. The Bertz CT molecular complexity index is 603. The summed E-state index contributed by atoms with van der Waals surface area (Å²) in [5, 5.41) is 10.1. The van der Waals surface area contributed by atoms with Gasteiger partial charge in [-0.15, -0.1) is 0 Å². The molecular weight excluding hydrogens is 254 g/mol. The minimum absolute atomic E-state index is 0.0257. The van der Waals surface area contributed by atoms with Gasteiger partial charge < -0.3 is 9.52 Å². The SMILES string of the molecule is CCc1c(C(C)N(CC)CC(=O)O)oc2ccccc12. The highest BCUT2D eigenvalue weighted by molar-refractivity contribution is 5.82. The first-order chi connectivity index (χ1) is 9.58. The number of carboxylic acid groups (broad SMARTS) is 1. The fourth-order valence-electron chi connectivity index (χ4n) is 2.68. The van der Waals surface area contributed by atoms with Gasteiger partial charge in [0.25, 0.3) is 0 Å². The Morgan fingerprint density at radius 3 is 2.65 bits per heavy atom. The molecule has 4 heteroatoms. The molecule has 2 aromatic rings. The van der Waals surface area contributed by atoms with Crippen molar-refractivity contribution >= 4 is 16.9 Å². The van der Waals surface area contributed by atoms with Crippen LogP contribution in [0.3, 0.4) is 0 Å². The number of benzene rings is 1. The van der Waals surface area contributed by atoms with Gasteiger partial charge in [0, 0.05) is 10.9 Å². The van der Waals surface area contributed by atoms with Crippen molar-refractivity contribution in [1.29, 1.82) is 0 Å². The van der Waals surface area contributed by atoms with Crippen molar-refractivity contribution in [2.45, 2.75) is 33.2 Å². The standard InChI is InChI=1S/C16H21NO3/c1-4-12-13-8-6-7-9-14(13)20-16(12)11(3)17(5-2)10-15(18)19/h6-9,11H,4-5,10H2,1-3H3,(H,18,19). The van der Waals surface area contributed by atoms with E-state index in [-0.39, 0.29) is 12.6 Å². The Labute approximate surface area is 119 Å². The predicted molar refractivity (Wildman–Crippen MR) is 78.9 cm³/mol. The zero-order valence-electron chi connectivity index (χ0n) is 12.2. The Kier molecular flexibility index (Phi) is 4.45. The van der Waals surface area contributed by atoms with Crippen LogP contribution in [-0.2, 0) is 11.2 Å². The molecule has 1 aromatic heterocycles. The lowest BCUT2D eigenvalue weighted by Crippen LogP contribution is -2.32. The highest BCUT2D eigenvalue weighted by Gasteiger charge is 2.23. The second-order valence-corrected chi connectivity index (χ2v) is 4.93. The third-order valence-electron chi connectivity index (χ3n) is 3.75. The van der Waals surface area contributed by atoms with E-state index in [1.54, 1.807) is 0 Å². The number of para-hydroxylation sites is 1. The first-order valence-electron chi connectivity index (χ1n) is 7.04. The van der Waals surface area contributed by atoms with E-state index in [1.165, 1.54) is 5.56 Å². The molecule has 0 spiro atoms. The summed E-state index contributed by atoms with van der Waals surface area (Å²) >= 11 is 0. The molecule has 0 radical (unpaired) electrons. The first kappa shape index (κ1) is 14.6. The number of fused-ring (bicyclic) bond motifs is 1. The average molecular weight is 275 g/mol. The quantitative estimate of drug-likeness (QED) is 0.877. The van der Waals surface area contributed by atoms with Crippen LogP contribution in [0.15, 0.2) is 28.7 Å². The molecule has 0 aliphatic rings. The van der Waals surface area contributed by atoms with E-state index >= 15 is 0 Å². The maximum absolute atomic E-state index is 11.0. The van der Waals surface area contributed by atoms with Crippen LogP contribution in [0.2, 0.25) is 0 Å². The van der Waals surface area contributed by atoms with Gasteiger partial charge in [-0.25, -0.2) is 0 Å². The maximum Gasteiger partial charge on any atom is 0.317 e. The number of aryl methyl sites for hydroxylation is 1. The summed E-state index contributed by atoms with van der Waals surface area (Å²) in [5.74, 6) is 0.0738. The van der Waals surface area contributed by atoms with Crippen LogP contribution >= 0.6 is 0 Å². The summed E-state index contributed by atoms with van der Waals surface area (Å²) in [6.45, 7) is 6.77. The summed E-state index contributed by atoms with van der Waals surface area (Å²) in [5.41, 5.74) is 2.05. The summed E-state index contributed by atoms with van der Waals surface area (Å²) in [6.07, 6.45) is 0.876. The van der Waals surface area contributed by atoms with Gasteiger partial charge >= 0.3 is 5.97 Å². The van der Waals surface area contributed by atoms with Gasteiger partial charge in [-0.05, 0) is 26.0 Å². The molecule has 1 atom stereocenters. The third kappa shape index (κ3) is 2.70. The third-order valence-corrected chi connectivity index (χ3v) is 3.75. The Hall–Kier alpha value is -1.81. The van der Waals surface area contributed by atoms with Crippen molar-refractivity contribution in [2.75, 3.05) is 13.1 Å². The number of carbonyl (C=O) groups is 1. The van der Waals surface area contributed by atoms with E-state index in [1.807, 2.05) is 36.9 Å². The molecule has 0 saturated carbocycles. The second kappa shape index (κ2) is 6.09. The minimum Gasteiger partial charge on any atom is -0.480 e. The lowest BCUT2D eigenvalue weighted by molar-refractivity contribution is -0.138. The minimum atomic E-state index is -0.812.